The number of nitrogens with zero attached hydrogens (tertiary/aromatic N) is 2. The molecule has 0 spiro atoms. The molecule has 0 saturated heterocycles. The van der Waals surface area contributed by atoms with Gasteiger partial charge in [0.2, 0.25) is 0 Å². The summed E-state index contributed by atoms with van der Waals surface area (Å²) in [7, 11) is -3.60. The van der Waals surface area contributed by atoms with Gasteiger partial charge in [0, 0.05) is 6.20 Å². The van der Waals surface area contributed by atoms with E-state index in [1.807, 2.05) is 0 Å². The molecule has 0 saturated carbocycles. The molecule has 0 aromatic carbocycles. The number of hydrogen-bond donors (Lipinski definition) is 0. The molecular formula is C7H6N2O3S. The summed E-state index contributed by atoms with van der Waals surface area (Å²) in [5, 5.41) is 8.53. The Bertz CT molecular complexity index is 447. The monoisotopic (exact) mass is 198 g/mol. The molecule has 0 unspecified atom stereocenters. The molecule has 0 aliphatic carbocycles. The Morgan fingerprint density at radius 2 is 2.31 bits per heavy atom. The third kappa shape index (κ3) is 2.72. The quantitative estimate of drug-likeness (QED) is 0.638. The molecule has 1 rings (SSSR count). The zero-order valence-corrected chi connectivity index (χ0v) is 7.58. The molecule has 0 amide bonds. The lowest BCUT2D eigenvalue weighted by molar-refractivity contribution is 0.491. The molecule has 0 aliphatic heterocycles. The highest BCUT2D eigenvalue weighted by atomic mass is 32.2. The first kappa shape index (κ1) is 9.48. The SMILES string of the molecule is CS(=O)(=O)Oc1cccnc1C#N. The van der Waals surface area contributed by atoms with Crippen LogP contribution in [0, 0.1) is 11.3 Å². The van der Waals surface area contributed by atoms with E-state index in [1.54, 1.807) is 6.07 Å². The zero-order chi connectivity index (χ0) is 9.90. The molecule has 0 aliphatic rings. The van der Waals surface area contributed by atoms with Gasteiger partial charge in [-0.15, -0.1) is 0 Å². The molecule has 0 fully saturated rings. The smallest absolute Gasteiger partial charge is 0.306 e. The van der Waals surface area contributed by atoms with Crippen molar-refractivity contribution in [1.82, 2.24) is 4.98 Å². The van der Waals surface area contributed by atoms with E-state index in [-0.39, 0.29) is 11.4 Å². The van der Waals surface area contributed by atoms with Crippen LogP contribution in [-0.4, -0.2) is 19.7 Å². The van der Waals surface area contributed by atoms with Crippen LogP contribution in [0.5, 0.6) is 5.75 Å². The van der Waals surface area contributed by atoms with Gasteiger partial charge < -0.3 is 4.18 Å². The summed E-state index contributed by atoms with van der Waals surface area (Å²) in [5.74, 6) is -0.0486. The maximum Gasteiger partial charge on any atom is 0.306 e. The average Bonchev–Trinajstić information content (AvgIpc) is 2.02. The van der Waals surface area contributed by atoms with Gasteiger partial charge >= 0.3 is 10.1 Å². The van der Waals surface area contributed by atoms with Crippen molar-refractivity contribution in [2.75, 3.05) is 6.26 Å². The summed E-state index contributed by atoms with van der Waals surface area (Å²) >= 11 is 0. The van der Waals surface area contributed by atoms with Gasteiger partial charge in [-0.1, -0.05) is 0 Å². The Hall–Kier alpha value is -1.61. The molecule has 68 valence electrons. The molecule has 5 nitrogen and oxygen atoms in total. The van der Waals surface area contributed by atoms with E-state index < -0.39 is 10.1 Å². The van der Waals surface area contributed by atoms with Gasteiger partial charge in [0.15, 0.2) is 11.4 Å². The summed E-state index contributed by atoms with van der Waals surface area (Å²) in [6.45, 7) is 0. The average molecular weight is 198 g/mol. The number of nitriles is 1. The van der Waals surface area contributed by atoms with Gasteiger partial charge in [-0.25, -0.2) is 4.98 Å². The van der Waals surface area contributed by atoms with E-state index in [2.05, 4.69) is 9.17 Å². The fourth-order valence-electron chi connectivity index (χ4n) is 0.705. The predicted molar refractivity (Wildman–Crippen MR) is 44.4 cm³/mol. The molecule has 1 aromatic heterocycles. The minimum atomic E-state index is -3.60. The standard InChI is InChI=1S/C7H6N2O3S/c1-13(10,11)12-7-3-2-4-9-6(7)5-8/h2-4H,1H3. The second-order valence-corrected chi connectivity index (χ2v) is 3.82. The first-order valence-electron chi connectivity index (χ1n) is 3.27. The van der Waals surface area contributed by atoms with Gasteiger partial charge in [0.25, 0.3) is 0 Å². The number of hydrogen-bond acceptors (Lipinski definition) is 5. The van der Waals surface area contributed by atoms with Crippen LogP contribution in [0.1, 0.15) is 5.69 Å². The fraction of sp³-hybridized carbons (Fsp3) is 0.143. The van der Waals surface area contributed by atoms with Crippen molar-refractivity contribution in [2.45, 2.75) is 0 Å². The van der Waals surface area contributed by atoms with Crippen molar-refractivity contribution < 1.29 is 12.6 Å². The van der Waals surface area contributed by atoms with Gasteiger partial charge in [0.1, 0.15) is 6.07 Å². The van der Waals surface area contributed by atoms with E-state index in [0.717, 1.165) is 6.26 Å². The lowest BCUT2D eigenvalue weighted by Crippen LogP contribution is -2.07. The summed E-state index contributed by atoms with van der Waals surface area (Å²) in [6.07, 6.45) is 2.29. The third-order valence-electron chi connectivity index (χ3n) is 1.12. The summed E-state index contributed by atoms with van der Waals surface area (Å²) in [4.78, 5) is 3.63. The molecule has 1 heterocycles. The number of aromatic nitrogens is 1. The fourth-order valence-corrected chi connectivity index (χ4v) is 1.17. The lowest BCUT2D eigenvalue weighted by atomic mass is 10.3. The van der Waals surface area contributed by atoms with Crippen LogP contribution in [0.15, 0.2) is 18.3 Å². The van der Waals surface area contributed by atoms with Crippen molar-refractivity contribution in [1.29, 1.82) is 5.26 Å². The highest BCUT2D eigenvalue weighted by Crippen LogP contribution is 2.15. The van der Waals surface area contributed by atoms with Crippen molar-refractivity contribution in [3.63, 3.8) is 0 Å². The van der Waals surface area contributed by atoms with Crippen LogP contribution >= 0.6 is 0 Å². The Kier molecular flexibility index (Phi) is 2.49. The molecule has 0 radical (unpaired) electrons. The van der Waals surface area contributed by atoms with Crippen LogP contribution in [0.4, 0.5) is 0 Å². The van der Waals surface area contributed by atoms with E-state index in [9.17, 15) is 8.42 Å². The summed E-state index contributed by atoms with van der Waals surface area (Å²) < 4.78 is 25.9. The third-order valence-corrected chi connectivity index (χ3v) is 1.60. The normalized spacial score (nSPS) is 10.5. The van der Waals surface area contributed by atoms with E-state index in [0.29, 0.717) is 0 Å². The molecule has 0 atom stereocenters. The molecule has 6 heteroatoms. The zero-order valence-electron chi connectivity index (χ0n) is 6.76. The summed E-state index contributed by atoms with van der Waals surface area (Å²) in [5.41, 5.74) is -0.0482. The second-order valence-electron chi connectivity index (χ2n) is 2.25. The number of pyridine rings is 1. The van der Waals surface area contributed by atoms with Crippen molar-refractivity contribution in [2.24, 2.45) is 0 Å². The largest absolute Gasteiger partial charge is 0.379 e. The predicted octanol–water partition coefficient (Wildman–Crippen LogP) is 0.292. The minimum Gasteiger partial charge on any atom is -0.379 e. The molecule has 0 bridgehead atoms. The van der Waals surface area contributed by atoms with Crippen LogP contribution in [0.25, 0.3) is 0 Å². The molecule has 0 N–H and O–H groups in total. The summed E-state index contributed by atoms with van der Waals surface area (Å²) in [6, 6.07) is 4.57. The van der Waals surface area contributed by atoms with Crippen LogP contribution < -0.4 is 4.18 Å². The first-order valence-corrected chi connectivity index (χ1v) is 5.09. The maximum atomic E-state index is 10.7. The van der Waals surface area contributed by atoms with Crippen molar-refractivity contribution in [3.05, 3.63) is 24.0 Å². The van der Waals surface area contributed by atoms with E-state index >= 15 is 0 Å². The Morgan fingerprint density at radius 1 is 1.62 bits per heavy atom. The van der Waals surface area contributed by atoms with Crippen LogP contribution in [0.3, 0.4) is 0 Å². The van der Waals surface area contributed by atoms with E-state index in [1.165, 1.54) is 18.3 Å². The van der Waals surface area contributed by atoms with E-state index in [4.69, 9.17) is 5.26 Å². The maximum absolute atomic E-state index is 10.7. The lowest BCUT2D eigenvalue weighted by Gasteiger charge is -2.02. The van der Waals surface area contributed by atoms with Gasteiger partial charge in [-0.05, 0) is 12.1 Å². The molecule has 1 aromatic rings. The van der Waals surface area contributed by atoms with Gasteiger partial charge in [0.05, 0.1) is 6.26 Å². The number of rotatable bonds is 2. The van der Waals surface area contributed by atoms with Crippen LogP contribution in [0.2, 0.25) is 0 Å². The second kappa shape index (κ2) is 3.41. The van der Waals surface area contributed by atoms with Crippen molar-refractivity contribution in [3.8, 4) is 11.8 Å². The van der Waals surface area contributed by atoms with Crippen LogP contribution in [-0.2, 0) is 10.1 Å². The Morgan fingerprint density at radius 3 is 2.85 bits per heavy atom. The van der Waals surface area contributed by atoms with Gasteiger partial charge in [-0.2, -0.15) is 13.7 Å². The van der Waals surface area contributed by atoms with Crippen molar-refractivity contribution >= 4 is 10.1 Å². The topological polar surface area (TPSA) is 80.1 Å². The first-order chi connectivity index (χ1) is 6.03. The Labute approximate surface area is 75.7 Å². The molecular weight excluding hydrogens is 192 g/mol. The minimum absolute atomic E-state index is 0.0482. The Balaban J connectivity index is 3.10. The highest BCUT2D eigenvalue weighted by Gasteiger charge is 2.09. The molecule has 13 heavy (non-hydrogen) atoms. The van der Waals surface area contributed by atoms with Gasteiger partial charge in [-0.3, -0.25) is 0 Å². The highest BCUT2D eigenvalue weighted by molar-refractivity contribution is 7.86.